The molecule has 1 atom stereocenters. The van der Waals surface area contributed by atoms with Gasteiger partial charge in [-0.05, 0) is 31.6 Å². The Morgan fingerprint density at radius 1 is 1.14 bits per heavy atom. The van der Waals surface area contributed by atoms with Gasteiger partial charge in [-0.2, -0.15) is 5.10 Å². The Balaban J connectivity index is 2.03. The van der Waals surface area contributed by atoms with Gasteiger partial charge in [0.25, 0.3) is 0 Å². The largest absolute Gasteiger partial charge is 0.320 e. The monoisotopic (exact) mass is 299 g/mol. The van der Waals surface area contributed by atoms with E-state index in [4.69, 9.17) is 16.7 Å². The summed E-state index contributed by atoms with van der Waals surface area (Å²) >= 11 is 6.24. The molecule has 21 heavy (non-hydrogen) atoms. The number of hydrogen-bond donors (Lipinski definition) is 1. The van der Waals surface area contributed by atoms with E-state index in [0.717, 1.165) is 23.9 Å². The Kier molecular flexibility index (Phi) is 4.23. The van der Waals surface area contributed by atoms with Gasteiger partial charge in [0.2, 0.25) is 0 Å². The molecule has 0 saturated carbocycles. The van der Waals surface area contributed by atoms with Gasteiger partial charge in [-0.25, -0.2) is 0 Å². The van der Waals surface area contributed by atoms with Gasteiger partial charge in [-0.3, -0.25) is 4.68 Å². The van der Waals surface area contributed by atoms with Crippen LogP contribution in [0.5, 0.6) is 0 Å². The number of benzene rings is 2. The Morgan fingerprint density at radius 2 is 1.95 bits per heavy atom. The number of rotatable bonds is 5. The van der Waals surface area contributed by atoms with Crippen LogP contribution in [0.25, 0.3) is 10.9 Å². The fourth-order valence-corrected chi connectivity index (χ4v) is 2.82. The second-order valence-electron chi connectivity index (χ2n) is 5.11. The summed E-state index contributed by atoms with van der Waals surface area (Å²) in [4.78, 5) is 0. The fraction of sp³-hybridized carbons (Fsp3) is 0.235. The standard InChI is InChI=1S/C17H18ClN3/c1-19-11-10-16(13-6-3-2-4-7-13)21-12-14-8-5-9-15(18)17(14)20-21/h2-9,12,16,19H,10-11H2,1H3. The molecule has 0 fully saturated rings. The van der Waals surface area contributed by atoms with E-state index in [-0.39, 0.29) is 6.04 Å². The summed E-state index contributed by atoms with van der Waals surface area (Å²) in [6, 6.07) is 16.6. The Hall–Kier alpha value is -1.84. The van der Waals surface area contributed by atoms with E-state index >= 15 is 0 Å². The number of fused-ring (bicyclic) bond motifs is 1. The lowest BCUT2D eigenvalue weighted by atomic mass is 10.0. The van der Waals surface area contributed by atoms with Crippen LogP contribution < -0.4 is 5.32 Å². The third kappa shape index (κ3) is 2.94. The van der Waals surface area contributed by atoms with Crippen molar-refractivity contribution in [2.75, 3.05) is 13.6 Å². The van der Waals surface area contributed by atoms with E-state index in [2.05, 4.69) is 35.8 Å². The van der Waals surface area contributed by atoms with E-state index < -0.39 is 0 Å². The van der Waals surface area contributed by atoms with Crippen molar-refractivity contribution in [1.82, 2.24) is 15.1 Å². The fourth-order valence-electron chi connectivity index (χ4n) is 2.60. The van der Waals surface area contributed by atoms with E-state index in [1.165, 1.54) is 5.56 Å². The second-order valence-corrected chi connectivity index (χ2v) is 5.51. The zero-order chi connectivity index (χ0) is 14.7. The summed E-state index contributed by atoms with van der Waals surface area (Å²) in [7, 11) is 1.97. The average Bonchev–Trinajstić information content (AvgIpc) is 2.94. The van der Waals surface area contributed by atoms with Gasteiger partial charge in [-0.15, -0.1) is 0 Å². The van der Waals surface area contributed by atoms with Crippen LogP contribution in [-0.4, -0.2) is 23.4 Å². The van der Waals surface area contributed by atoms with Crippen molar-refractivity contribution in [1.29, 1.82) is 0 Å². The normalized spacial score (nSPS) is 12.7. The van der Waals surface area contributed by atoms with Crippen molar-refractivity contribution in [2.45, 2.75) is 12.5 Å². The number of halogens is 1. The number of nitrogens with one attached hydrogen (secondary N) is 1. The highest BCUT2D eigenvalue weighted by Crippen LogP contribution is 2.26. The molecule has 3 rings (SSSR count). The van der Waals surface area contributed by atoms with Gasteiger partial charge in [-0.1, -0.05) is 54.1 Å². The first-order chi connectivity index (χ1) is 10.3. The zero-order valence-corrected chi connectivity index (χ0v) is 12.7. The summed E-state index contributed by atoms with van der Waals surface area (Å²) in [5.74, 6) is 0. The molecule has 1 heterocycles. The Morgan fingerprint density at radius 3 is 2.67 bits per heavy atom. The molecule has 0 aliphatic carbocycles. The van der Waals surface area contributed by atoms with Crippen molar-refractivity contribution in [3.63, 3.8) is 0 Å². The van der Waals surface area contributed by atoms with Crippen LogP contribution in [0.4, 0.5) is 0 Å². The molecular weight excluding hydrogens is 282 g/mol. The van der Waals surface area contributed by atoms with E-state index in [9.17, 15) is 0 Å². The highest BCUT2D eigenvalue weighted by molar-refractivity contribution is 6.35. The smallest absolute Gasteiger partial charge is 0.111 e. The third-order valence-corrected chi connectivity index (χ3v) is 3.98. The van der Waals surface area contributed by atoms with Crippen LogP contribution in [0, 0.1) is 0 Å². The molecule has 0 radical (unpaired) electrons. The van der Waals surface area contributed by atoms with Crippen LogP contribution in [-0.2, 0) is 0 Å². The Labute approximate surface area is 129 Å². The minimum absolute atomic E-state index is 0.210. The van der Waals surface area contributed by atoms with Gasteiger partial charge >= 0.3 is 0 Å². The van der Waals surface area contributed by atoms with Gasteiger partial charge in [0.05, 0.1) is 11.1 Å². The van der Waals surface area contributed by atoms with Crippen LogP contribution in [0.3, 0.4) is 0 Å². The van der Waals surface area contributed by atoms with Crippen LogP contribution in [0.2, 0.25) is 5.02 Å². The van der Waals surface area contributed by atoms with Gasteiger partial charge in [0.1, 0.15) is 5.52 Å². The van der Waals surface area contributed by atoms with Crippen molar-refractivity contribution in [3.8, 4) is 0 Å². The minimum atomic E-state index is 0.210. The van der Waals surface area contributed by atoms with Crippen LogP contribution in [0.15, 0.2) is 54.7 Å². The molecular formula is C17H18ClN3. The minimum Gasteiger partial charge on any atom is -0.320 e. The average molecular weight is 300 g/mol. The molecule has 1 aromatic heterocycles. The first-order valence-electron chi connectivity index (χ1n) is 7.12. The maximum Gasteiger partial charge on any atom is 0.111 e. The lowest BCUT2D eigenvalue weighted by molar-refractivity contribution is 0.484. The first kappa shape index (κ1) is 14.1. The molecule has 1 unspecified atom stereocenters. The lowest BCUT2D eigenvalue weighted by Gasteiger charge is -2.18. The van der Waals surface area contributed by atoms with Crippen molar-refractivity contribution in [3.05, 3.63) is 65.3 Å². The van der Waals surface area contributed by atoms with Crippen molar-refractivity contribution < 1.29 is 0 Å². The maximum atomic E-state index is 6.24. The van der Waals surface area contributed by atoms with Gasteiger partial charge in [0.15, 0.2) is 0 Å². The lowest BCUT2D eigenvalue weighted by Crippen LogP contribution is -2.18. The maximum absolute atomic E-state index is 6.24. The van der Waals surface area contributed by atoms with Crippen LogP contribution in [0.1, 0.15) is 18.0 Å². The third-order valence-electron chi connectivity index (χ3n) is 3.68. The predicted molar refractivity (Wildman–Crippen MR) is 87.9 cm³/mol. The van der Waals surface area contributed by atoms with Gasteiger partial charge in [0, 0.05) is 11.6 Å². The molecule has 2 aromatic carbocycles. The molecule has 0 bridgehead atoms. The predicted octanol–water partition coefficient (Wildman–Crippen LogP) is 3.89. The summed E-state index contributed by atoms with van der Waals surface area (Å²) in [5, 5.41) is 9.69. The SMILES string of the molecule is CNCCC(c1ccccc1)n1cc2cccc(Cl)c2n1. The molecule has 0 spiro atoms. The summed E-state index contributed by atoms with van der Waals surface area (Å²) in [6.07, 6.45) is 3.06. The van der Waals surface area contributed by atoms with E-state index in [0.29, 0.717) is 5.02 Å². The van der Waals surface area contributed by atoms with Crippen molar-refractivity contribution >= 4 is 22.5 Å². The molecule has 1 N–H and O–H groups in total. The summed E-state index contributed by atoms with van der Waals surface area (Å²) in [5.41, 5.74) is 2.13. The van der Waals surface area contributed by atoms with E-state index in [1.807, 2.05) is 36.0 Å². The summed E-state index contributed by atoms with van der Waals surface area (Å²) in [6.45, 7) is 0.934. The second kappa shape index (κ2) is 6.29. The molecule has 3 aromatic rings. The number of nitrogens with zero attached hydrogens (tertiary/aromatic N) is 2. The molecule has 0 aliphatic heterocycles. The zero-order valence-electron chi connectivity index (χ0n) is 12.0. The first-order valence-corrected chi connectivity index (χ1v) is 7.50. The van der Waals surface area contributed by atoms with Crippen LogP contribution >= 0.6 is 11.6 Å². The van der Waals surface area contributed by atoms with E-state index in [1.54, 1.807) is 0 Å². The quantitative estimate of drug-likeness (QED) is 0.774. The van der Waals surface area contributed by atoms with Crippen molar-refractivity contribution in [2.24, 2.45) is 0 Å². The summed E-state index contributed by atoms with van der Waals surface area (Å²) < 4.78 is 2.03. The highest BCUT2D eigenvalue weighted by atomic mass is 35.5. The molecule has 0 aliphatic rings. The molecule has 0 saturated heterocycles. The molecule has 108 valence electrons. The highest BCUT2D eigenvalue weighted by Gasteiger charge is 2.15. The van der Waals surface area contributed by atoms with Gasteiger partial charge < -0.3 is 5.32 Å². The molecule has 0 amide bonds. The number of hydrogen-bond acceptors (Lipinski definition) is 2. The Bertz CT molecular complexity index is 721. The molecule has 3 nitrogen and oxygen atoms in total. The number of aromatic nitrogens is 2. The molecule has 4 heteroatoms. The topological polar surface area (TPSA) is 29.9 Å².